The maximum absolute atomic E-state index is 12.6. The van der Waals surface area contributed by atoms with Crippen LogP contribution in [0.1, 0.15) is 27.8 Å². The number of anilines is 1. The van der Waals surface area contributed by atoms with E-state index in [1.54, 1.807) is 37.3 Å². The fraction of sp³-hybridized carbons (Fsp3) is 0.100. The number of nitrogens with zero attached hydrogens (tertiary/aromatic N) is 3. The number of nitrogens with one attached hydrogen (secondary N) is 1. The fourth-order valence-corrected chi connectivity index (χ4v) is 2.67. The van der Waals surface area contributed by atoms with Gasteiger partial charge in [0.25, 0.3) is 17.2 Å². The molecular weight excluding hydrogens is 392 g/mol. The fourth-order valence-electron chi connectivity index (χ4n) is 2.67. The summed E-state index contributed by atoms with van der Waals surface area (Å²) in [5.74, 6) is -1.73. The van der Waals surface area contributed by atoms with Crippen molar-refractivity contribution in [3.8, 4) is 5.69 Å². The summed E-state index contributed by atoms with van der Waals surface area (Å²) in [4.78, 5) is 48.1. The third-order valence-electron chi connectivity index (χ3n) is 3.99. The standard InChI is InChI=1S/C20H16N4O6/c1-2-30-20(27)18-15(12-17(25)23(22-18)13-8-4-3-5-9-13)21-19(26)14-10-6-7-11-16(14)24(28)29/h3-12H,2H2,1H3,(H,21,26). The quantitative estimate of drug-likeness (QED) is 0.376. The van der Waals surface area contributed by atoms with E-state index in [1.807, 2.05) is 0 Å². The zero-order valence-corrected chi connectivity index (χ0v) is 15.8. The van der Waals surface area contributed by atoms with Crippen LogP contribution < -0.4 is 10.9 Å². The van der Waals surface area contributed by atoms with E-state index in [-0.39, 0.29) is 23.6 Å². The monoisotopic (exact) mass is 408 g/mol. The van der Waals surface area contributed by atoms with Gasteiger partial charge in [0.2, 0.25) is 0 Å². The zero-order chi connectivity index (χ0) is 21.7. The Bertz CT molecular complexity index is 1170. The van der Waals surface area contributed by atoms with Crippen molar-refractivity contribution in [3.63, 3.8) is 0 Å². The lowest BCUT2D eigenvalue weighted by Crippen LogP contribution is -2.27. The first-order valence-electron chi connectivity index (χ1n) is 8.84. The van der Waals surface area contributed by atoms with Gasteiger partial charge >= 0.3 is 5.97 Å². The van der Waals surface area contributed by atoms with Crippen LogP contribution in [0.4, 0.5) is 11.4 Å². The average Bonchev–Trinajstić information content (AvgIpc) is 2.74. The van der Waals surface area contributed by atoms with E-state index in [0.29, 0.717) is 5.69 Å². The minimum Gasteiger partial charge on any atom is -0.461 e. The van der Waals surface area contributed by atoms with Gasteiger partial charge in [0, 0.05) is 12.1 Å². The van der Waals surface area contributed by atoms with Crippen LogP contribution in [0.3, 0.4) is 0 Å². The summed E-state index contributed by atoms with van der Waals surface area (Å²) in [5.41, 5.74) is -1.39. The maximum atomic E-state index is 12.6. The van der Waals surface area contributed by atoms with Gasteiger partial charge in [0.15, 0.2) is 5.69 Å². The number of amides is 1. The largest absolute Gasteiger partial charge is 0.461 e. The summed E-state index contributed by atoms with van der Waals surface area (Å²) in [6.07, 6.45) is 0. The van der Waals surface area contributed by atoms with Gasteiger partial charge in [-0.3, -0.25) is 19.7 Å². The third-order valence-corrected chi connectivity index (χ3v) is 3.99. The van der Waals surface area contributed by atoms with Crippen molar-refractivity contribution >= 4 is 23.3 Å². The van der Waals surface area contributed by atoms with Crippen LogP contribution in [0.5, 0.6) is 0 Å². The van der Waals surface area contributed by atoms with Gasteiger partial charge in [0.05, 0.1) is 22.9 Å². The molecule has 0 saturated carbocycles. The Balaban J connectivity index is 2.07. The van der Waals surface area contributed by atoms with Crippen molar-refractivity contribution in [1.82, 2.24) is 9.78 Å². The second kappa shape index (κ2) is 8.78. The molecule has 1 aromatic heterocycles. The van der Waals surface area contributed by atoms with E-state index in [4.69, 9.17) is 4.74 Å². The first-order valence-corrected chi connectivity index (χ1v) is 8.84. The van der Waals surface area contributed by atoms with Crippen molar-refractivity contribution in [2.45, 2.75) is 6.92 Å². The topological polar surface area (TPSA) is 133 Å². The molecule has 0 saturated heterocycles. The Morgan fingerprint density at radius 2 is 1.80 bits per heavy atom. The normalized spacial score (nSPS) is 10.3. The second-order valence-corrected chi connectivity index (χ2v) is 5.94. The van der Waals surface area contributed by atoms with E-state index >= 15 is 0 Å². The summed E-state index contributed by atoms with van der Waals surface area (Å²) >= 11 is 0. The number of benzene rings is 2. The molecule has 1 amide bonds. The van der Waals surface area contributed by atoms with E-state index in [1.165, 1.54) is 24.3 Å². The average molecular weight is 408 g/mol. The van der Waals surface area contributed by atoms with Crippen molar-refractivity contribution in [1.29, 1.82) is 0 Å². The Hall–Kier alpha value is -4.34. The molecule has 152 valence electrons. The number of hydrogen-bond acceptors (Lipinski definition) is 7. The molecular formula is C20H16N4O6. The van der Waals surface area contributed by atoms with Crippen LogP contribution in [-0.2, 0) is 4.74 Å². The number of ether oxygens (including phenoxy) is 1. The highest BCUT2D eigenvalue weighted by molar-refractivity contribution is 6.09. The molecule has 0 spiro atoms. The molecule has 10 heteroatoms. The van der Waals surface area contributed by atoms with E-state index < -0.39 is 28.0 Å². The smallest absolute Gasteiger partial charge is 0.360 e. The predicted molar refractivity (Wildman–Crippen MR) is 107 cm³/mol. The molecule has 0 bridgehead atoms. The minimum absolute atomic E-state index is 0.0442. The summed E-state index contributed by atoms with van der Waals surface area (Å²) < 4.78 is 5.97. The highest BCUT2D eigenvalue weighted by Crippen LogP contribution is 2.20. The van der Waals surface area contributed by atoms with Crippen LogP contribution in [0.15, 0.2) is 65.5 Å². The maximum Gasteiger partial charge on any atom is 0.360 e. The van der Waals surface area contributed by atoms with Gasteiger partial charge in [-0.25, -0.2) is 4.79 Å². The van der Waals surface area contributed by atoms with E-state index in [9.17, 15) is 24.5 Å². The van der Waals surface area contributed by atoms with Crippen molar-refractivity contribution in [2.24, 2.45) is 0 Å². The number of rotatable bonds is 6. The van der Waals surface area contributed by atoms with Crippen LogP contribution in [0.2, 0.25) is 0 Å². The highest BCUT2D eigenvalue weighted by atomic mass is 16.6. The van der Waals surface area contributed by atoms with Crippen molar-refractivity contribution < 1.29 is 19.2 Å². The Kier molecular flexibility index (Phi) is 5.97. The second-order valence-electron chi connectivity index (χ2n) is 5.94. The number of aromatic nitrogens is 2. The number of nitro benzene ring substituents is 1. The van der Waals surface area contributed by atoms with Gasteiger partial charge in [-0.15, -0.1) is 0 Å². The number of hydrogen-bond donors (Lipinski definition) is 1. The Labute approximate surface area is 169 Å². The van der Waals surface area contributed by atoms with Gasteiger partial charge < -0.3 is 10.1 Å². The molecule has 1 heterocycles. The molecule has 0 atom stereocenters. The van der Waals surface area contributed by atoms with Crippen LogP contribution in [0.25, 0.3) is 5.69 Å². The van der Waals surface area contributed by atoms with E-state index in [0.717, 1.165) is 10.7 Å². The SMILES string of the molecule is CCOC(=O)c1nn(-c2ccccc2)c(=O)cc1NC(=O)c1ccccc1[N+](=O)[O-]. The Morgan fingerprint density at radius 1 is 1.13 bits per heavy atom. The molecule has 3 rings (SSSR count). The molecule has 10 nitrogen and oxygen atoms in total. The Morgan fingerprint density at radius 3 is 2.47 bits per heavy atom. The van der Waals surface area contributed by atoms with Gasteiger partial charge in [-0.05, 0) is 25.1 Å². The molecule has 1 N–H and O–H groups in total. The number of carbonyl (C=O) groups is 2. The summed E-state index contributed by atoms with van der Waals surface area (Å²) in [5, 5.41) is 17.6. The number of para-hydroxylation sites is 2. The van der Waals surface area contributed by atoms with Crippen molar-refractivity contribution in [2.75, 3.05) is 11.9 Å². The third kappa shape index (κ3) is 4.22. The van der Waals surface area contributed by atoms with Gasteiger partial charge in [0.1, 0.15) is 5.56 Å². The first-order chi connectivity index (χ1) is 14.4. The molecule has 0 unspecified atom stereocenters. The minimum atomic E-state index is -0.869. The number of nitro groups is 1. The summed E-state index contributed by atoms with van der Waals surface area (Å²) in [7, 11) is 0. The van der Waals surface area contributed by atoms with Crippen LogP contribution >= 0.6 is 0 Å². The molecule has 0 aliphatic heterocycles. The summed E-state index contributed by atoms with van der Waals surface area (Å²) in [6, 6.07) is 14.7. The lowest BCUT2D eigenvalue weighted by molar-refractivity contribution is -0.385. The predicted octanol–water partition coefficient (Wildman–Crippen LogP) is 2.57. The number of esters is 1. The highest BCUT2D eigenvalue weighted by Gasteiger charge is 2.24. The molecule has 0 aliphatic rings. The molecule has 2 aromatic carbocycles. The van der Waals surface area contributed by atoms with Crippen LogP contribution in [-0.4, -0.2) is 33.2 Å². The lowest BCUT2D eigenvalue weighted by atomic mass is 10.1. The zero-order valence-electron chi connectivity index (χ0n) is 15.8. The van der Waals surface area contributed by atoms with Crippen LogP contribution in [0, 0.1) is 10.1 Å². The molecule has 30 heavy (non-hydrogen) atoms. The molecule has 0 radical (unpaired) electrons. The van der Waals surface area contributed by atoms with Gasteiger partial charge in [-0.1, -0.05) is 30.3 Å². The molecule has 0 aliphatic carbocycles. The van der Waals surface area contributed by atoms with Crippen molar-refractivity contribution in [3.05, 3.63) is 92.4 Å². The molecule has 3 aromatic rings. The first kappa shape index (κ1) is 20.4. The molecule has 0 fully saturated rings. The van der Waals surface area contributed by atoms with E-state index in [2.05, 4.69) is 10.4 Å². The lowest BCUT2D eigenvalue weighted by Gasteiger charge is -2.12. The van der Waals surface area contributed by atoms with Gasteiger partial charge in [-0.2, -0.15) is 9.78 Å². The number of carbonyl (C=O) groups excluding carboxylic acids is 2. The summed E-state index contributed by atoms with van der Waals surface area (Å²) in [6.45, 7) is 1.64.